The van der Waals surface area contributed by atoms with Crippen LogP contribution < -0.4 is 10.2 Å². The summed E-state index contributed by atoms with van der Waals surface area (Å²) in [5, 5.41) is 3.40. The fraction of sp³-hybridized carbons (Fsp3) is 0.370. The van der Waals surface area contributed by atoms with Crippen LogP contribution in [-0.4, -0.2) is 33.9 Å². The van der Waals surface area contributed by atoms with E-state index in [0.717, 1.165) is 67.5 Å². The third kappa shape index (κ3) is 6.62. The van der Waals surface area contributed by atoms with Gasteiger partial charge in [-0.3, -0.25) is 14.7 Å². The lowest BCUT2D eigenvalue weighted by Crippen LogP contribution is -2.32. The van der Waals surface area contributed by atoms with Crippen LogP contribution in [0.2, 0.25) is 0 Å². The minimum Gasteiger partial charge on any atom is -0.340 e. The van der Waals surface area contributed by atoms with E-state index in [1.165, 1.54) is 19.3 Å². The number of amides is 1. The second-order valence-electron chi connectivity index (χ2n) is 8.65. The quantitative estimate of drug-likeness (QED) is 0.574. The van der Waals surface area contributed by atoms with Crippen LogP contribution in [0.15, 0.2) is 67.0 Å². The van der Waals surface area contributed by atoms with Gasteiger partial charge < -0.3 is 10.2 Å². The van der Waals surface area contributed by atoms with E-state index in [1.54, 1.807) is 13.1 Å². The Labute approximate surface area is 196 Å². The summed E-state index contributed by atoms with van der Waals surface area (Å²) >= 11 is 0. The number of pyridine rings is 2. The molecule has 1 aromatic carbocycles. The summed E-state index contributed by atoms with van der Waals surface area (Å²) < 4.78 is 0. The molecule has 0 saturated heterocycles. The molecule has 172 valence electrons. The van der Waals surface area contributed by atoms with Gasteiger partial charge in [-0.15, -0.1) is 0 Å². The average Bonchev–Trinajstić information content (AvgIpc) is 2.82. The Morgan fingerprint density at radius 1 is 0.909 bits per heavy atom. The summed E-state index contributed by atoms with van der Waals surface area (Å²) in [5.41, 5.74) is 4.18. The fourth-order valence-electron chi connectivity index (χ4n) is 4.40. The van der Waals surface area contributed by atoms with Gasteiger partial charge in [-0.25, -0.2) is 4.98 Å². The number of nitrogens with one attached hydrogen (secondary N) is 1. The number of anilines is 3. The topological polar surface area (TPSA) is 61.4 Å². The van der Waals surface area contributed by atoms with E-state index < -0.39 is 0 Å². The van der Waals surface area contributed by atoms with E-state index in [-0.39, 0.29) is 5.91 Å². The molecule has 2 aromatic heterocycles. The molecular weight excluding hydrogens is 410 g/mol. The number of rotatable bonds is 4. The molecule has 3 heterocycles. The Kier molecular flexibility index (Phi) is 8.04. The molecule has 6 heteroatoms. The van der Waals surface area contributed by atoms with Crippen molar-refractivity contribution in [2.75, 3.05) is 23.3 Å². The zero-order valence-electron chi connectivity index (χ0n) is 19.4. The number of hydrogen-bond acceptors (Lipinski definition) is 5. The van der Waals surface area contributed by atoms with Gasteiger partial charge in [0.1, 0.15) is 5.82 Å². The molecule has 33 heavy (non-hydrogen) atoms. The molecule has 0 spiro atoms. The Morgan fingerprint density at radius 2 is 1.67 bits per heavy atom. The van der Waals surface area contributed by atoms with Gasteiger partial charge in [0.15, 0.2) is 0 Å². The SMILES string of the molecule is CC(=O)N1CCCCCCCN(Cc2ccccn2)Cc2cc(Nc3ccccn3)ccc21. The third-order valence-corrected chi connectivity index (χ3v) is 6.05. The minimum absolute atomic E-state index is 0.0926. The molecule has 4 rings (SSSR count). The van der Waals surface area contributed by atoms with Crippen molar-refractivity contribution in [2.24, 2.45) is 0 Å². The van der Waals surface area contributed by atoms with E-state index >= 15 is 0 Å². The number of nitrogens with zero attached hydrogens (tertiary/aromatic N) is 4. The Bertz CT molecular complexity index is 1030. The van der Waals surface area contributed by atoms with Crippen LogP contribution in [-0.2, 0) is 17.9 Å². The standard InChI is InChI=1S/C27H33N5O/c1-22(33)32-18-10-4-2-3-9-17-31(21-25-11-5-7-15-28-25)20-23-19-24(13-14-26(23)32)30-27-12-6-8-16-29-27/h5-8,11-16,19H,2-4,9-10,17-18,20-21H2,1H3,(H,29,30). The van der Waals surface area contributed by atoms with Crippen molar-refractivity contribution in [2.45, 2.75) is 52.1 Å². The van der Waals surface area contributed by atoms with Gasteiger partial charge >= 0.3 is 0 Å². The van der Waals surface area contributed by atoms with Crippen LogP contribution in [0.5, 0.6) is 0 Å². The monoisotopic (exact) mass is 443 g/mol. The largest absolute Gasteiger partial charge is 0.340 e. The van der Waals surface area contributed by atoms with Crippen molar-refractivity contribution < 1.29 is 4.79 Å². The molecule has 0 bridgehead atoms. The molecule has 1 aliphatic heterocycles. The van der Waals surface area contributed by atoms with E-state index in [1.807, 2.05) is 47.5 Å². The van der Waals surface area contributed by atoms with Gasteiger partial charge in [0, 0.05) is 50.3 Å². The van der Waals surface area contributed by atoms with Crippen LogP contribution in [0, 0.1) is 0 Å². The van der Waals surface area contributed by atoms with Crippen LogP contribution in [0.4, 0.5) is 17.2 Å². The van der Waals surface area contributed by atoms with Gasteiger partial charge in [-0.2, -0.15) is 0 Å². The van der Waals surface area contributed by atoms with Crippen molar-refractivity contribution in [1.82, 2.24) is 14.9 Å². The maximum atomic E-state index is 12.6. The molecule has 0 radical (unpaired) electrons. The van der Waals surface area contributed by atoms with Crippen molar-refractivity contribution in [3.63, 3.8) is 0 Å². The Morgan fingerprint density at radius 3 is 2.39 bits per heavy atom. The van der Waals surface area contributed by atoms with Crippen LogP contribution >= 0.6 is 0 Å². The van der Waals surface area contributed by atoms with Gasteiger partial charge in [0.05, 0.1) is 5.69 Å². The first kappa shape index (κ1) is 22.9. The highest BCUT2D eigenvalue weighted by atomic mass is 16.2. The minimum atomic E-state index is 0.0926. The van der Waals surface area contributed by atoms with Crippen LogP contribution in [0.1, 0.15) is 50.3 Å². The Balaban J connectivity index is 1.67. The van der Waals surface area contributed by atoms with Gasteiger partial charge in [-0.05, 0) is 67.4 Å². The lowest BCUT2D eigenvalue weighted by Gasteiger charge is -2.29. The predicted molar refractivity (Wildman–Crippen MR) is 133 cm³/mol. The molecule has 1 aliphatic rings. The Hall–Kier alpha value is -3.25. The zero-order valence-corrected chi connectivity index (χ0v) is 19.4. The molecule has 1 amide bonds. The highest BCUT2D eigenvalue weighted by Gasteiger charge is 2.19. The van der Waals surface area contributed by atoms with Gasteiger partial charge in [0.2, 0.25) is 5.91 Å². The maximum absolute atomic E-state index is 12.6. The number of carbonyl (C=O) groups is 1. The summed E-state index contributed by atoms with van der Waals surface area (Å²) in [7, 11) is 0. The summed E-state index contributed by atoms with van der Waals surface area (Å²) in [5.74, 6) is 0.898. The van der Waals surface area contributed by atoms with Crippen LogP contribution in [0.3, 0.4) is 0 Å². The molecule has 0 unspecified atom stereocenters. The fourth-order valence-corrected chi connectivity index (χ4v) is 4.40. The highest BCUT2D eigenvalue weighted by Crippen LogP contribution is 2.29. The lowest BCUT2D eigenvalue weighted by molar-refractivity contribution is -0.116. The number of carbonyl (C=O) groups excluding carboxylic acids is 1. The molecule has 0 saturated carbocycles. The molecule has 3 aromatic rings. The van der Waals surface area contributed by atoms with Crippen molar-refractivity contribution >= 4 is 23.1 Å². The van der Waals surface area contributed by atoms with E-state index in [9.17, 15) is 4.79 Å². The van der Waals surface area contributed by atoms with E-state index in [2.05, 4.69) is 38.4 Å². The number of fused-ring (bicyclic) bond motifs is 1. The molecular formula is C27H33N5O. The molecule has 6 nitrogen and oxygen atoms in total. The normalized spacial score (nSPS) is 15.7. The first-order valence-corrected chi connectivity index (χ1v) is 11.9. The van der Waals surface area contributed by atoms with Gasteiger partial charge in [0.25, 0.3) is 0 Å². The predicted octanol–water partition coefficient (Wildman–Crippen LogP) is 5.54. The summed E-state index contributed by atoms with van der Waals surface area (Å²) in [6.07, 6.45) is 9.41. The maximum Gasteiger partial charge on any atom is 0.223 e. The first-order chi connectivity index (χ1) is 16.2. The molecule has 0 aliphatic carbocycles. The smallest absolute Gasteiger partial charge is 0.223 e. The number of hydrogen-bond donors (Lipinski definition) is 1. The number of aromatic nitrogens is 2. The van der Waals surface area contributed by atoms with Crippen molar-refractivity contribution in [3.8, 4) is 0 Å². The second-order valence-corrected chi connectivity index (χ2v) is 8.65. The van der Waals surface area contributed by atoms with Crippen LogP contribution in [0.25, 0.3) is 0 Å². The molecule has 1 N–H and O–H groups in total. The lowest BCUT2D eigenvalue weighted by atomic mass is 10.1. The molecule has 0 fully saturated rings. The third-order valence-electron chi connectivity index (χ3n) is 6.05. The van der Waals surface area contributed by atoms with E-state index in [0.29, 0.717) is 0 Å². The van der Waals surface area contributed by atoms with Gasteiger partial charge in [-0.1, -0.05) is 31.4 Å². The first-order valence-electron chi connectivity index (χ1n) is 11.9. The van der Waals surface area contributed by atoms with Crippen molar-refractivity contribution in [1.29, 1.82) is 0 Å². The zero-order chi connectivity index (χ0) is 22.9. The average molecular weight is 444 g/mol. The molecule has 0 atom stereocenters. The summed E-state index contributed by atoms with van der Waals surface area (Å²) in [4.78, 5) is 25.9. The van der Waals surface area contributed by atoms with Crippen molar-refractivity contribution in [3.05, 3.63) is 78.2 Å². The summed E-state index contributed by atoms with van der Waals surface area (Å²) in [6.45, 7) is 4.98. The van der Waals surface area contributed by atoms with E-state index in [4.69, 9.17) is 0 Å². The summed E-state index contributed by atoms with van der Waals surface area (Å²) in [6, 6.07) is 18.2. The number of benzene rings is 1. The highest BCUT2D eigenvalue weighted by molar-refractivity contribution is 5.92. The second kappa shape index (κ2) is 11.6.